The van der Waals surface area contributed by atoms with E-state index in [0.29, 0.717) is 12.1 Å². The second-order valence-electron chi connectivity index (χ2n) is 5.12. The molecule has 0 saturated carbocycles. The summed E-state index contributed by atoms with van der Waals surface area (Å²) in [6.07, 6.45) is 3.15. The molecule has 1 aromatic carbocycles. The minimum absolute atomic E-state index is 0.227. The van der Waals surface area contributed by atoms with Gasteiger partial charge in [-0.1, -0.05) is 0 Å². The van der Waals surface area contributed by atoms with Crippen LogP contribution in [-0.4, -0.2) is 40.7 Å². The predicted molar refractivity (Wildman–Crippen MR) is 69.0 cm³/mol. The number of hydrogen-bond acceptors (Lipinski definition) is 2. The van der Waals surface area contributed by atoms with Crippen molar-refractivity contribution in [1.29, 1.82) is 0 Å². The summed E-state index contributed by atoms with van der Waals surface area (Å²) in [7, 11) is 0. The number of nitrogens with zero attached hydrogens (tertiary/aromatic N) is 1. The van der Waals surface area contributed by atoms with Crippen molar-refractivity contribution in [3.63, 3.8) is 0 Å². The van der Waals surface area contributed by atoms with Crippen LogP contribution in [0.1, 0.15) is 12.0 Å². The summed E-state index contributed by atoms with van der Waals surface area (Å²) < 4.78 is 26.4. The zero-order valence-corrected chi connectivity index (χ0v) is 10.5. The zero-order chi connectivity index (χ0) is 13.4. The summed E-state index contributed by atoms with van der Waals surface area (Å²) in [6.45, 7) is 2.42. The van der Waals surface area contributed by atoms with Crippen molar-refractivity contribution in [2.24, 2.45) is 0 Å². The van der Waals surface area contributed by atoms with Crippen LogP contribution in [0, 0.1) is 11.6 Å². The second kappa shape index (κ2) is 4.90. The molecule has 1 saturated heterocycles. The molecule has 1 unspecified atom stereocenters. The van der Waals surface area contributed by atoms with Crippen molar-refractivity contribution in [3.8, 4) is 0 Å². The molecule has 0 spiro atoms. The quantitative estimate of drug-likeness (QED) is 0.892. The normalized spacial score (nSPS) is 20.5. The van der Waals surface area contributed by atoms with Gasteiger partial charge in [0.2, 0.25) is 0 Å². The first-order valence-corrected chi connectivity index (χ1v) is 6.49. The molecule has 2 aromatic rings. The third kappa shape index (κ3) is 2.48. The van der Waals surface area contributed by atoms with Crippen LogP contribution < -0.4 is 0 Å². The van der Waals surface area contributed by atoms with Gasteiger partial charge in [-0.3, -0.25) is 0 Å². The number of nitrogens with one attached hydrogen (secondary N) is 1. The number of halogens is 2. The van der Waals surface area contributed by atoms with Gasteiger partial charge >= 0.3 is 0 Å². The molecule has 1 aliphatic heterocycles. The summed E-state index contributed by atoms with van der Waals surface area (Å²) in [6, 6.07) is 2.43. The number of benzene rings is 1. The molecule has 0 bridgehead atoms. The summed E-state index contributed by atoms with van der Waals surface area (Å²) in [5.41, 5.74) is 1.60. The molecule has 0 amide bonds. The van der Waals surface area contributed by atoms with E-state index in [0.717, 1.165) is 36.9 Å². The van der Waals surface area contributed by atoms with Crippen molar-refractivity contribution >= 4 is 10.9 Å². The Morgan fingerprint density at radius 3 is 2.84 bits per heavy atom. The predicted octanol–water partition coefficient (Wildman–Crippen LogP) is 2.06. The number of aliphatic hydroxyl groups excluding tert-OH is 1. The molecule has 0 radical (unpaired) electrons. The maximum atomic E-state index is 13.3. The Morgan fingerprint density at radius 2 is 2.11 bits per heavy atom. The molecule has 102 valence electrons. The van der Waals surface area contributed by atoms with Gasteiger partial charge in [-0.05, 0) is 24.5 Å². The van der Waals surface area contributed by atoms with E-state index < -0.39 is 11.6 Å². The minimum Gasteiger partial charge on any atom is -0.392 e. The molecule has 19 heavy (non-hydrogen) atoms. The van der Waals surface area contributed by atoms with Crippen molar-refractivity contribution in [2.75, 3.05) is 19.6 Å². The first kappa shape index (κ1) is 12.6. The lowest BCUT2D eigenvalue weighted by molar-refractivity contribution is 0.177. The lowest BCUT2D eigenvalue weighted by atomic mass is 10.1. The molecule has 1 aromatic heterocycles. The highest BCUT2D eigenvalue weighted by Crippen LogP contribution is 2.22. The lowest BCUT2D eigenvalue weighted by Gasteiger charge is -2.14. The van der Waals surface area contributed by atoms with E-state index in [9.17, 15) is 13.9 Å². The fourth-order valence-corrected chi connectivity index (χ4v) is 2.68. The van der Waals surface area contributed by atoms with Crippen LogP contribution in [-0.2, 0) is 6.42 Å². The highest BCUT2D eigenvalue weighted by atomic mass is 19.2. The van der Waals surface area contributed by atoms with Gasteiger partial charge in [-0.2, -0.15) is 0 Å². The second-order valence-corrected chi connectivity index (χ2v) is 5.12. The molecular formula is C14H16F2N2O. The standard InChI is InChI=1S/C14H16F2N2O/c15-12-5-11-9(7-17-14(11)6-13(12)16)1-3-18-4-2-10(19)8-18/h5-7,10,17,19H,1-4,8H2. The molecule has 2 N–H and O–H groups in total. The Bertz CT molecular complexity index is 596. The largest absolute Gasteiger partial charge is 0.392 e. The van der Waals surface area contributed by atoms with Gasteiger partial charge in [0.15, 0.2) is 11.6 Å². The van der Waals surface area contributed by atoms with Gasteiger partial charge in [0.1, 0.15) is 0 Å². The fourth-order valence-electron chi connectivity index (χ4n) is 2.68. The highest BCUT2D eigenvalue weighted by molar-refractivity contribution is 5.83. The molecule has 3 rings (SSSR count). The van der Waals surface area contributed by atoms with E-state index >= 15 is 0 Å². The van der Waals surface area contributed by atoms with Crippen LogP contribution in [0.25, 0.3) is 10.9 Å². The Hall–Kier alpha value is -1.46. The van der Waals surface area contributed by atoms with E-state index in [-0.39, 0.29) is 6.10 Å². The van der Waals surface area contributed by atoms with Crippen LogP contribution in [0.15, 0.2) is 18.3 Å². The number of likely N-dealkylation sites (tertiary alicyclic amines) is 1. The van der Waals surface area contributed by atoms with Gasteiger partial charge in [-0.15, -0.1) is 0 Å². The van der Waals surface area contributed by atoms with E-state index in [1.807, 2.05) is 0 Å². The first-order chi connectivity index (χ1) is 9.13. The first-order valence-electron chi connectivity index (χ1n) is 6.49. The van der Waals surface area contributed by atoms with Crippen molar-refractivity contribution < 1.29 is 13.9 Å². The molecule has 2 heterocycles. The van der Waals surface area contributed by atoms with Crippen LogP contribution in [0.5, 0.6) is 0 Å². The van der Waals surface area contributed by atoms with Gasteiger partial charge in [-0.25, -0.2) is 8.78 Å². The van der Waals surface area contributed by atoms with Gasteiger partial charge < -0.3 is 15.0 Å². The fraction of sp³-hybridized carbons (Fsp3) is 0.429. The van der Waals surface area contributed by atoms with Crippen molar-refractivity contribution in [2.45, 2.75) is 18.9 Å². The molecule has 1 atom stereocenters. The third-order valence-corrected chi connectivity index (χ3v) is 3.75. The molecule has 1 fully saturated rings. The smallest absolute Gasteiger partial charge is 0.160 e. The highest BCUT2D eigenvalue weighted by Gasteiger charge is 2.20. The maximum Gasteiger partial charge on any atom is 0.160 e. The Labute approximate surface area is 109 Å². The monoisotopic (exact) mass is 266 g/mol. The summed E-state index contributed by atoms with van der Waals surface area (Å²) >= 11 is 0. The van der Waals surface area contributed by atoms with Gasteiger partial charge in [0.25, 0.3) is 0 Å². The van der Waals surface area contributed by atoms with Crippen LogP contribution in [0.4, 0.5) is 8.78 Å². The molecule has 5 heteroatoms. The molecular weight excluding hydrogens is 250 g/mol. The maximum absolute atomic E-state index is 13.3. The number of aromatic amines is 1. The number of hydrogen-bond donors (Lipinski definition) is 2. The van der Waals surface area contributed by atoms with Gasteiger partial charge in [0.05, 0.1) is 6.10 Å². The number of fused-ring (bicyclic) bond motifs is 1. The topological polar surface area (TPSA) is 39.3 Å². The van der Waals surface area contributed by atoms with Crippen molar-refractivity contribution in [3.05, 3.63) is 35.5 Å². The minimum atomic E-state index is -0.830. The van der Waals surface area contributed by atoms with Crippen LogP contribution in [0.3, 0.4) is 0 Å². The number of aliphatic hydroxyl groups is 1. The Balaban J connectivity index is 1.76. The number of β-amino-alcohol motifs (C(OH)–C–C–N with tert-alkyl or cyclic N) is 1. The summed E-state index contributed by atoms with van der Waals surface area (Å²) in [5.74, 6) is -1.64. The summed E-state index contributed by atoms with van der Waals surface area (Å²) in [4.78, 5) is 5.15. The molecule has 0 aliphatic carbocycles. The Morgan fingerprint density at radius 1 is 1.32 bits per heavy atom. The number of rotatable bonds is 3. The Kier molecular flexibility index (Phi) is 3.24. The van der Waals surface area contributed by atoms with E-state index in [1.54, 1.807) is 6.20 Å². The lowest BCUT2D eigenvalue weighted by Crippen LogP contribution is -2.24. The van der Waals surface area contributed by atoms with Crippen molar-refractivity contribution in [1.82, 2.24) is 9.88 Å². The van der Waals surface area contributed by atoms with Gasteiger partial charge in [0, 0.05) is 42.8 Å². The zero-order valence-electron chi connectivity index (χ0n) is 10.5. The van der Waals surface area contributed by atoms with Crippen LogP contribution >= 0.6 is 0 Å². The van der Waals surface area contributed by atoms with Crippen LogP contribution in [0.2, 0.25) is 0 Å². The number of aromatic nitrogens is 1. The van der Waals surface area contributed by atoms with E-state index in [2.05, 4.69) is 9.88 Å². The van der Waals surface area contributed by atoms with E-state index in [1.165, 1.54) is 12.1 Å². The summed E-state index contributed by atoms with van der Waals surface area (Å²) in [5, 5.41) is 10.2. The SMILES string of the molecule is OC1CCN(CCc2c[nH]c3cc(F)c(F)cc23)C1. The third-order valence-electron chi connectivity index (χ3n) is 3.75. The van der Waals surface area contributed by atoms with E-state index in [4.69, 9.17) is 0 Å². The average Bonchev–Trinajstić information content (AvgIpc) is 2.95. The number of H-pyrrole nitrogens is 1. The average molecular weight is 266 g/mol. The molecule has 3 nitrogen and oxygen atoms in total. The molecule has 1 aliphatic rings.